The number of hydrogen-bond acceptors (Lipinski definition) is 2. The molecule has 1 aromatic rings. The Kier molecular flexibility index (Phi) is 6.77. The molecule has 1 rings (SSSR count). The van der Waals surface area contributed by atoms with E-state index in [-0.39, 0.29) is 18.3 Å². The maximum atomic E-state index is 11.7. The first kappa shape index (κ1) is 14.9. The van der Waals surface area contributed by atoms with Crippen LogP contribution in [0, 0.1) is 6.92 Å². The van der Waals surface area contributed by atoms with Gasteiger partial charge in [0.1, 0.15) is 0 Å². The van der Waals surface area contributed by atoms with Gasteiger partial charge in [0.2, 0.25) is 5.91 Å². The maximum Gasteiger partial charge on any atom is 0.226 e. The van der Waals surface area contributed by atoms with E-state index in [1.807, 2.05) is 31.2 Å². The summed E-state index contributed by atoms with van der Waals surface area (Å²) >= 11 is 0. The van der Waals surface area contributed by atoms with Crippen molar-refractivity contribution in [1.82, 2.24) is 0 Å². The van der Waals surface area contributed by atoms with Gasteiger partial charge < -0.3 is 10.6 Å². The second-order valence-electron chi connectivity index (χ2n) is 3.68. The van der Waals surface area contributed by atoms with Gasteiger partial charge in [-0.3, -0.25) is 4.79 Å². The summed E-state index contributed by atoms with van der Waals surface area (Å²) in [6.07, 6.45) is 1.26. The zero-order valence-corrected chi connectivity index (χ0v) is 10.6. The lowest BCUT2D eigenvalue weighted by atomic mass is 10.2. The quantitative estimate of drug-likeness (QED) is 0.879. The Balaban J connectivity index is 0.00000225. The third-order valence-electron chi connectivity index (χ3n) is 2.39. The Hall–Kier alpha value is -1.06. The number of halogens is 1. The van der Waals surface area contributed by atoms with Crippen molar-refractivity contribution < 1.29 is 4.79 Å². The minimum absolute atomic E-state index is 0. The van der Waals surface area contributed by atoms with E-state index < -0.39 is 0 Å². The van der Waals surface area contributed by atoms with Crippen molar-refractivity contribution in [1.29, 1.82) is 0 Å². The lowest BCUT2D eigenvalue weighted by Gasteiger charge is -2.17. The normalized spacial score (nSPS) is 9.44. The highest BCUT2D eigenvalue weighted by molar-refractivity contribution is 5.92. The zero-order valence-electron chi connectivity index (χ0n) is 9.77. The van der Waals surface area contributed by atoms with Crippen LogP contribution >= 0.6 is 12.4 Å². The second kappa shape index (κ2) is 7.25. The average molecular weight is 243 g/mol. The fourth-order valence-corrected chi connectivity index (χ4v) is 1.33. The largest absolute Gasteiger partial charge is 0.330 e. The standard InChI is InChI=1S/C12H18N2O.ClH/c1-10-5-7-11(8-6-10)14(2)12(15)4-3-9-13;/h5-8H,3-4,9,13H2,1-2H3;1H. The number of rotatable bonds is 4. The van der Waals surface area contributed by atoms with E-state index in [0.717, 1.165) is 12.1 Å². The molecule has 0 aliphatic carbocycles. The van der Waals surface area contributed by atoms with Crippen LogP contribution in [-0.4, -0.2) is 19.5 Å². The van der Waals surface area contributed by atoms with Crippen LogP contribution in [0.15, 0.2) is 24.3 Å². The molecule has 4 heteroatoms. The van der Waals surface area contributed by atoms with Gasteiger partial charge in [-0.05, 0) is 32.0 Å². The molecule has 0 bridgehead atoms. The van der Waals surface area contributed by atoms with Gasteiger partial charge >= 0.3 is 0 Å². The van der Waals surface area contributed by atoms with Gasteiger partial charge in [-0.15, -0.1) is 12.4 Å². The smallest absolute Gasteiger partial charge is 0.226 e. The number of nitrogens with zero attached hydrogens (tertiary/aromatic N) is 1. The molecule has 3 nitrogen and oxygen atoms in total. The molecule has 0 aliphatic heterocycles. The number of hydrogen-bond donors (Lipinski definition) is 1. The summed E-state index contributed by atoms with van der Waals surface area (Å²) in [6, 6.07) is 7.91. The molecule has 16 heavy (non-hydrogen) atoms. The molecule has 0 heterocycles. The molecule has 0 fully saturated rings. The summed E-state index contributed by atoms with van der Waals surface area (Å²) in [7, 11) is 1.80. The first-order valence-electron chi connectivity index (χ1n) is 5.18. The third kappa shape index (κ3) is 4.21. The number of amides is 1. The van der Waals surface area contributed by atoms with Crippen LogP contribution in [0.3, 0.4) is 0 Å². The van der Waals surface area contributed by atoms with E-state index in [1.54, 1.807) is 11.9 Å². The average Bonchev–Trinajstić information content (AvgIpc) is 2.26. The molecule has 0 radical (unpaired) electrons. The topological polar surface area (TPSA) is 46.3 Å². The molecule has 90 valence electrons. The van der Waals surface area contributed by atoms with E-state index in [4.69, 9.17) is 5.73 Å². The van der Waals surface area contributed by atoms with E-state index >= 15 is 0 Å². The number of benzene rings is 1. The van der Waals surface area contributed by atoms with Gasteiger partial charge in [0, 0.05) is 19.2 Å². The summed E-state index contributed by atoms with van der Waals surface area (Å²) in [5.74, 6) is 0.115. The highest BCUT2D eigenvalue weighted by Gasteiger charge is 2.09. The Morgan fingerprint density at radius 3 is 2.38 bits per heavy atom. The number of aryl methyl sites for hydroxylation is 1. The molecule has 0 spiro atoms. The third-order valence-corrected chi connectivity index (χ3v) is 2.39. The maximum absolute atomic E-state index is 11.7. The Morgan fingerprint density at radius 1 is 1.31 bits per heavy atom. The van der Waals surface area contributed by atoms with Crippen LogP contribution in [0.1, 0.15) is 18.4 Å². The fourth-order valence-electron chi connectivity index (χ4n) is 1.33. The molecule has 1 amide bonds. The van der Waals surface area contributed by atoms with E-state index in [2.05, 4.69) is 0 Å². The molecule has 0 atom stereocenters. The minimum Gasteiger partial charge on any atom is -0.330 e. The lowest BCUT2D eigenvalue weighted by molar-refractivity contribution is -0.118. The first-order chi connectivity index (χ1) is 7.15. The van der Waals surface area contributed by atoms with Gasteiger partial charge in [-0.1, -0.05) is 17.7 Å². The Labute approximate surface area is 103 Å². The highest BCUT2D eigenvalue weighted by Crippen LogP contribution is 2.14. The van der Waals surface area contributed by atoms with Gasteiger partial charge in [0.25, 0.3) is 0 Å². The zero-order chi connectivity index (χ0) is 11.3. The van der Waals surface area contributed by atoms with Crippen LogP contribution < -0.4 is 10.6 Å². The molecule has 0 aliphatic rings. The summed E-state index contributed by atoms with van der Waals surface area (Å²) < 4.78 is 0. The van der Waals surface area contributed by atoms with E-state index in [9.17, 15) is 4.79 Å². The molecular weight excluding hydrogens is 224 g/mol. The SMILES string of the molecule is Cc1ccc(N(C)C(=O)CCCN)cc1.Cl. The van der Waals surface area contributed by atoms with Crippen molar-refractivity contribution in [3.8, 4) is 0 Å². The van der Waals surface area contributed by atoms with Crippen LogP contribution in [-0.2, 0) is 4.79 Å². The van der Waals surface area contributed by atoms with Crippen LogP contribution in [0.2, 0.25) is 0 Å². The molecule has 2 N–H and O–H groups in total. The van der Waals surface area contributed by atoms with Gasteiger partial charge in [0.15, 0.2) is 0 Å². The lowest BCUT2D eigenvalue weighted by Crippen LogP contribution is -2.26. The monoisotopic (exact) mass is 242 g/mol. The predicted octanol–water partition coefficient (Wildman–Crippen LogP) is 2.12. The van der Waals surface area contributed by atoms with Crippen LogP contribution in [0.4, 0.5) is 5.69 Å². The summed E-state index contributed by atoms with van der Waals surface area (Å²) in [4.78, 5) is 13.3. The van der Waals surface area contributed by atoms with Crippen molar-refractivity contribution in [2.75, 3.05) is 18.5 Å². The van der Waals surface area contributed by atoms with Crippen molar-refractivity contribution >= 4 is 24.0 Å². The van der Waals surface area contributed by atoms with Crippen LogP contribution in [0.5, 0.6) is 0 Å². The number of nitrogens with two attached hydrogens (primary N) is 1. The van der Waals surface area contributed by atoms with Crippen molar-refractivity contribution in [2.24, 2.45) is 5.73 Å². The number of carbonyl (C=O) groups excluding carboxylic acids is 1. The fraction of sp³-hybridized carbons (Fsp3) is 0.417. The minimum atomic E-state index is 0. The molecule has 0 aromatic heterocycles. The number of carbonyl (C=O) groups is 1. The predicted molar refractivity (Wildman–Crippen MR) is 70.1 cm³/mol. The van der Waals surface area contributed by atoms with Crippen molar-refractivity contribution in [3.05, 3.63) is 29.8 Å². The van der Waals surface area contributed by atoms with E-state index in [1.165, 1.54) is 5.56 Å². The van der Waals surface area contributed by atoms with Gasteiger partial charge in [-0.25, -0.2) is 0 Å². The first-order valence-corrected chi connectivity index (χ1v) is 5.18. The van der Waals surface area contributed by atoms with Crippen molar-refractivity contribution in [3.63, 3.8) is 0 Å². The Bertz CT molecular complexity index is 324. The summed E-state index contributed by atoms with van der Waals surface area (Å²) in [5, 5.41) is 0. The second-order valence-corrected chi connectivity index (χ2v) is 3.68. The van der Waals surface area contributed by atoms with Gasteiger partial charge in [-0.2, -0.15) is 0 Å². The molecule has 0 unspecified atom stereocenters. The molecule has 0 saturated heterocycles. The van der Waals surface area contributed by atoms with Crippen LogP contribution in [0.25, 0.3) is 0 Å². The molecular formula is C12H19ClN2O. The van der Waals surface area contributed by atoms with Gasteiger partial charge in [0.05, 0.1) is 0 Å². The number of anilines is 1. The highest BCUT2D eigenvalue weighted by atomic mass is 35.5. The van der Waals surface area contributed by atoms with Crippen molar-refractivity contribution in [2.45, 2.75) is 19.8 Å². The molecule has 1 aromatic carbocycles. The molecule has 0 saturated carbocycles. The summed E-state index contributed by atoms with van der Waals surface area (Å²) in [5.41, 5.74) is 7.49. The van der Waals surface area contributed by atoms with E-state index in [0.29, 0.717) is 13.0 Å². The summed E-state index contributed by atoms with van der Waals surface area (Å²) in [6.45, 7) is 2.59. The Morgan fingerprint density at radius 2 is 1.88 bits per heavy atom.